The fraction of sp³-hybridized carbons (Fsp3) is 0.0909. The first-order chi connectivity index (χ1) is 15.5. The monoisotopic (exact) mass is 465 g/mol. The van der Waals surface area contributed by atoms with Gasteiger partial charge in [0.2, 0.25) is 0 Å². The molecular weight excluding hydrogens is 449 g/mol. The third-order valence-corrected chi connectivity index (χ3v) is 5.41. The van der Waals surface area contributed by atoms with Gasteiger partial charge in [-0.1, -0.05) is 41.4 Å². The number of rotatable bonds is 5. The lowest BCUT2D eigenvalue weighted by atomic mass is 10.2. The SMILES string of the molecule is Cc1cn(-c2ccc(Nc3cc(Cl)nn4cc(-c5ccccc5Cl)nc34)nc2CO)cn1. The number of halogens is 2. The maximum absolute atomic E-state index is 9.86. The van der Waals surface area contributed by atoms with Crippen molar-refractivity contribution >= 4 is 40.4 Å². The van der Waals surface area contributed by atoms with Crippen molar-refractivity contribution in [2.24, 2.45) is 0 Å². The maximum atomic E-state index is 9.86. The fourth-order valence-electron chi connectivity index (χ4n) is 3.44. The molecule has 0 fully saturated rings. The highest BCUT2D eigenvalue weighted by Gasteiger charge is 2.14. The van der Waals surface area contributed by atoms with Crippen LogP contribution in [0.5, 0.6) is 0 Å². The Labute approximate surface area is 193 Å². The summed E-state index contributed by atoms with van der Waals surface area (Å²) in [5.74, 6) is 0.529. The lowest BCUT2D eigenvalue weighted by molar-refractivity contribution is 0.276. The van der Waals surface area contributed by atoms with Gasteiger partial charge in [-0.3, -0.25) is 0 Å². The summed E-state index contributed by atoms with van der Waals surface area (Å²) in [5.41, 5.74) is 4.77. The van der Waals surface area contributed by atoms with E-state index in [9.17, 15) is 5.11 Å². The van der Waals surface area contributed by atoms with Gasteiger partial charge < -0.3 is 15.0 Å². The first-order valence-corrected chi connectivity index (χ1v) is 10.5. The van der Waals surface area contributed by atoms with Gasteiger partial charge in [-0.15, -0.1) is 0 Å². The molecule has 5 aromatic rings. The lowest BCUT2D eigenvalue weighted by Crippen LogP contribution is -2.05. The zero-order valence-corrected chi connectivity index (χ0v) is 18.4. The number of imidazole rings is 2. The maximum Gasteiger partial charge on any atom is 0.178 e. The largest absolute Gasteiger partial charge is 0.390 e. The molecule has 0 aliphatic rings. The van der Waals surface area contributed by atoms with Crippen molar-refractivity contribution in [3.8, 4) is 16.9 Å². The van der Waals surface area contributed by atoms with Crippen molar-refractivity contribution in [3.63, 3.8) is 0 Å². The van der Waals surface area contributed by atoms with Crippen molar-refractivity contribution in [2.75, 3.05) is 5.32 Å². The van der Waals surface area contributed by atoms with E-state index in [2.05, 4.69) is 20.4 Å². The Kier molecular flexibility index (Phi) is 5.26. The van der Waals surface area contributed by atoms with Crippen LogP contribution in [0.2, 0.25) is 10.2 Å². The molecule has 0 aliphatic heterocycles. The molecule has 0 aliphatic carbocycles. The molecule has 4 heterocycles. The highest BCUT2D eigenvalue weighted by Crippen LogP contribution is 2.30. The van der Waals surface area contributed by atoms with Gasteiger partial charge in [-0.25, -0.2) is 19.5 Å². The number of anilines is 2. The third kappa shape index (κ3) is 3.80. The minimum Gasteiger partial charge on any atom is -0.390 e. The minimum atomic E-state index is -0.228. The molecule has 8 nitrogen and oxygen atoms in total. The molecule has 0 radical (unpaired) electrons. The number of hydrogen-bond acceptors (Lipinski definition) is 6. The number of pyridine rings is 1. The molecule has 0 atom stereocenters. The number of aliphatic hydroxyl groups excluding tert-OH is 1. The van der Waals surface area contributed by atoms with Crippen LogP contribution in [0.4, 0.5) is 11.5 Å². The molecule has 0 bridgehead atoms. The van der Waals surface area contributed by atoms with Crippen LogP contribution in [0.3, 0.4) is 0 Å². The predicted octanol–water partition coefficient (Wildman–Crippen LogP) is 4.83. The van der Waals surface area contributed by atoms with E-state index in [0.717, 1.165) is 16.9 Å². The number of aliphatic hydroxyl groups is 1. The van der Waals surface area contributed by atoms with Crippen LogP contribution in [0.25, 0.3) is 22.6 Å². The molecule has 0 saturated heterocycles. The summed E-state index contributed by atoms with van der Waals surface area (Å²) in [6, 6.07) is 12.8. The molecule has 5 rings (SSSR count). The molecule has 2 N–H and O–H groups in total. The van der Waals surface area contributed by atoms with Crippen LogP contribution in [0, 0.1) is 6.92 Å². The van der Waals surface area contributed by atoms with Crippen molar-refractivity contribution in [1.29, 1.82) is 0 Å². The summed E-state index contributed by atoms with van der Waals surface area (Å²) in [5, 5.41) is 18.3. The molecule has 0 saturated carbocycles. The van der Waals surface area contributed by atoms with Crippen molar-refractivity contribution in [2.45, 2.75) is 13.5 Å². The number of fused-ring (bicyclic) bond motifs is 1. The standard InChI is InChI=1S/C22H17Cl2N7O/c1-13-9-30(12-25-13)19-6-7-21(27-18(19)11-32)26-16-8-20(24)29-31-10-17(28-22(16)31)14-4-2-3-5-15(14)23/h2-10,12,32H,11H2,1H3,(H,26,27). The van der Waals surface area contributed by atoms with Gasteiger partial charge in [-0.2, -0.15) is 5.10 Å². The van der Waals surface area contributed by atoms with Crippen LogP contribution in [-0.2, 0) is 6.61 Å². The molecular formula is C22H17Cl2N7O. The number of benzene rings is 1. The third-order valence-electron chi connectivity index (χ3n) is 4.90. The Morgan fingerprint density at radius 2 is 1.91 bits per heavy atom. The van der Waals surface area contributed by atoms with Gasteiger partial charge in [-0.05, 0) is 25.1 Å². The first-order valence-electron chi connectivity index (χ1n) is 9.71. The van der Waals surface area contributed by atoms with Gasteiger partial charge >= 0.3 is 0 Å². The molecule has 32 heavy (non-hydrogen) atoms. The summed E-state index contributed by atoms with van der Waals surface area (Å²) >= 11 is 12.6. The Balaban J connectivity index is 1.54. The summed E-state index contributed by atoms with van der Waals surface area (Å²) in [6.45, 7) is 1.67. The zero-order valence-electron chi connectivity index (χ0n) is 16.9. The van der Waals surface area contributed by atoms with Gasteiger partial charge in [0.1, 0.15) is 5.82 Å². The smallest absolute Gasteiger partial charge is 0.178 e. The van der Waals surface area contributed by atoms with Crippen molar-refractivity contribution in [3.05, 3.63) is 82.7 Å². The second kappa shape index (κ2) is 8.23. The van der Waals surface area contributed by atoms with Crippen molar-refractivity contribution in [1.82, 2.24) is 29.1 Å². The predicted molar refractivity (Wildman–Crippen MR) is 124 cm³/mol. The number of aryl methyl sites for hydroxylation is 1. The highest BCUT2D eigenvalue weighted by molar-refractivity contribution is 6.33. The van der Waals surface area contributed by atoms with E-state index in [1.165, 1.54) is 0 Å². The average molecular weight is 466 g/mol. The number of aromatic nitrogens is 6. The lowest BCUT2D eigenvalue weighted by Gasteiger charge is -2.12. The zero-order chi connectivity index (χ0) is 22.2. The normalized spacial score (nSPS) is 11.2. The molecule has 0 spiro atoms. The quantitative estimate of drug-likeness (QED) is 0.386. The van der Waals surface area contributed by atoms with E-state index in [1.807, 2.05) is 54.1 Å². The average Bonchev–Trinajstić information content (AvgIpc) is 3.40. The van der Waals surface area contributed by atoms with E-state index in [-0.39, 0.29) is 11.8 Å². The summed E-state index contributed by atoms with van der Waals surface area (Å²) in [4.78, 5) is 13.5. The molecule has 0 unspecified atom stereocenters. The second-order valence-corrected chi connectivity index (χ2v) is 7.92. The summed E-state index contributed by atoms with van der Waals surface area (Å²) in [6.07, 6.45) is 5.33. The molecule has 10 heteroatoms. The molecule has 4 aromatic heterocycles. The van der Waals surface area contributed by atoms with Crippen LogP contribution in [-0.4, -0.2) is 34.2 Å². The minimum absolute atomic E-state index is 0.228. The van der Waals surface area contributed by atoms with E-state index in [1.54, 1.807) is 23.1 Å². The fourth-order valence-corrected chi connectivity index (χ4v) is 3.87. The van der Waals surface area contributed by atoms with Gasteiger partial charge in [0, 0.05) is 17.8 Å². The first kappa shape index (κ1) is 20.4. The van der Waals surface area contributed by atoms with Gasteiger partial charge in [0.25, 0.3) is 0 Å². The van der Waals surface area contributed by atoms with E-state index < -0.39 is 0 Å². The van der Waals surface area contributed by atoms with Crippen LogP contribution >= 0.6 is 23.2 Å². The molecule has 1 aromatic carbocycles. The van der Waals surface area contributed by atoms with Crippen LogP contribution in [0.15, 0.2) is 61.2 Å². The summed E-state index contributed by atoms with van der Waals surface area (Å²) < 4.78 is 3.42. The summed E-state index contributed by atoms with van der Waals surface area (Å²) in [7, 11) is 0. The number of hydrogen-bond donors (Lipinski definition) is 2. The Morgan fingerprint density at radius 1 is 1.06 bits per heavy atom. The Morgan fingerprint density at radius 3 is 2.66 bits per heavy atom. The number of nitrogens with one attached hydrogen (secondary N) is 1. The Bertz CT molecular complexity index is 1440. The molecule has 160 valence electrons. The van der Waals surface area contributed by atoms with Gasteiger partial charge in [0.05, 0.1) is 52.6 Å². The topological polar surface area (TPSA) is 93.2 Å². The van der Waals surface area contributed by atoms with E-state index >= 15 is 0 Å². The van der Waals surface area contributed by atoms with Crippen LogP contribution < -0.4 is 5.32 Å². The van der Waals surface area contributed by atoms with E-state index in [0.29, 0.717) is 33.6 Å². The van der Waals surface area contributed by atoms with Gasteiger partial charge in [0.15, 0.2) is 10.8 Å². The number of nitrogens with zero attached hydrogens (tertiary/aromatic N) is 6. The second-order valence-electron chi connectivity index (χ2n) is 7.12. The van der Waals surface area contributed by atoms with Crippen LogP contribution in [0.1, 0.15) is 11.4 Å². The molecule has 0 amide bonds. The highest BCUT2D eigenvalue weighted by atomic mass is 35.5. The van der Waals surface area contributed by atoms with E-state index in [4.69, 9.17) is 28.2 Å². The van der Waals surface area contributed by atoms with Crippen molar-refractivity contribution < 1.29 is 5.11 Å². The Hall–Kier alpha value is -3.46.